The van der Waals surface area contributed by atoms with Crippen molar-refractivity contribution in [3.8, 4) is 17.1 Å². The summed E-state index contributed by atoms with van der Waals surface area (Å²) >= 11 is 5.74. The van der Waals surface area contributed by atoms with Crippen molar-refractivity contribution in [2.75, 3.05) is 25.0 Å². The monoisotopic (exact) mass is 1300 g/mol. The number of nitrogens with one attached hydrogen (secondary N) is 6. The first kappa shape index (κ1) is 69.3. The zero-order chi connectivity index (χ0) is 67.0. The van der Waals surface area contributed by atoms with Crippen LogP contribution < -0.4 is 47.9 Å². The van der Waals surface area contributed by atoms with Gasteiger partial charge in [0.25, 0.3) is 5.56 Å². The number of likely N-dealkylation sites (tertiary alicyclic amines) is 1. The maximum absolute atomic E-state index is 14.4. The van der Waals surface area contributed by atoms with Crippen LogP contribution in [-0.2, 0) is 80.9 Å². The average molecular weight is 1300 g/mol. The first-order valence-corrected chi connectivity index (χ1v) is 31.0. The molecule has 6 amide bonds. The highest BCUT2D eigenvalue weighted by Crippen LogP contribution is 2.41. The molecule has 2 unspecified atom stereocenters. The van der Waals surface area contributed by atoms with Gasteiger partial charge in [-0.05, 0) is 111 Å². The highest BCUT2D eigenvalue weighted by atomic mass is 32.1. The SMILES string of the molecule is CCC1(OC(=O)[C@H](NC(=O)[C@@H](CC(N)=O)NC(=O)[C@@H](CC(C)C)NC(=O)CNC(=O)[C@H](CC(C)C)NC(=O)[C@H]2CCCN2C(=S)Nc2ccc(OC3O[C@H](C)[C@H](O)[C@H](OCC(=O)O)[C@@H]3O)cc2)C(C)C)C(=O)OCc2c1cc1n(c2=O)Cc2cc3ccccc3nc2-1. The number of aliphatic hydroxyl groups excluding tert-OH is 2. The molecule has 8 rings (SSSR count). The van der Waals surface area contributed by atoms with Crippen LogP contribution in [0.3, 0.4) is 0 Å². The number of nitrogens with zero attached hydrogens (tertiary/aromatic N) is 3. The van der Waals surface area contributed by atoms with Gasteiger partial charge in [-0.1, -0.05) is 66.7 Å². The molecule has 2 fully saturated rings. The van der Waals surface area contributed by atoms with Crippen LogP contribution in [0.2, 0.25) is 0 Å². The maximum atomic E-state index is 14.4. The van der Waals surface area contributed by atoms with Crippen LogP contribution in [0.1, 0.15) is 111 Å². The molecule has 496 valence electrons. The van der Waals surface area contributed by atoms with Gasteiger partial charge in [-0.15, -0.1) is 0 Å². The fraction of sp³-hybridized carbons (Fsp3) is 0.524. The smallest absolute Gasteiger partial charge is 0.355 e. The minimum Gasteiger partial charge on any atom is -0.480 e. The standard InChI is InChI=1S/C63H80N10O18S/c1-9-63(39-24-45-50-35(23-34-13-10-11-14-40(34)68-50)27-73(45)58(84)38(39)28-88-61(63)86)91-59(85)49(32(6)7)71-56(82)43(25-46(64)74)69-55(81)42(22-31(4)5)67-47(75)26-65-54(80)41(21-30(2)3)70-57(83)44-15-12-20-72(44)62(92)66-36-16-18-37(19-17-36)90-60-52(79)53(87-29-48(76)77)51(78)33(8)89-60/h10-11,13-14,16-19,23-24,30-33,41-44,49,51-53,60,78-79H,9,12,15,20-22,25-29H2,1-8H3,(H2,64,74)(H,65,80)(H,66,92)(H,67,75)(H,69,81)(H,70,83)(H,71,82)(H,76,77)/t33-,41+,42-,43-,44-,49-,51+,52+,53+,60?,63?/m1/s1. The summed E-state index contributed by atoms with van der Waals surface area (Å²) in [4.78, 5) is 142. The third-order valence-electron chi connectivity index (χ3n) is 16.4. The normalized spacial score (nSPS) is 22.0. The number of benzene rings is 2. The zero-order valence-corrected chi connectivity index (χ0v) is 53.2. The maximum Gasteiger partial charge on any atom is 0.355 e. The number of amides is 6. The van der Waals surface area contributed by atoms with Crippen molar-refractivity contribution in [3.05, 3.63) is 87.7 Å². The molecule has 0 bridgehead atoms. The van der Waals surface area contributed by atoms with Gasteiger partial charge in [-0.3, -0.25) is 33.6 Å². The Kier molecular flexibility index (Phi) is 22.4. The number of primary amides is 1. The van der Waals surface area contributed by atoms with Gasteiger partial charge < -0.3 is 86.1 Å². The molecule has 28 nitrogen and oxygen atoms in total. The number of pyridine rings is 2. The number of fused-ring (bicyclic) bond motifs is 5. The molecule has 2 aromatic heterocycles. The Morgan fingerprint density at radius 3 is 2.18 bits per heavy atom. The lowest BCUT2D eigenvalue weighted by Crippen LogP contribution is -2.59. The number of carbonyl (C=O) groups excluding carboxylic acids is 8. The number of esters is 2. The van der Waals surface area contributed by atoms with Crippen molar-refractivity contribution in [2.45, 2.75) is 174 Å². The van der Waals surface area contributed by atoms with E-state index in [1.54, 1.807) is 69.9 Å². The summed E-state index contributed by atoms with van der Waals surface area (Å²) in [5.41, 5.74) is 6.07. The predicted octanol–water partition coefficient (Wildman–Crippen LogP) is 1.49. The van der Waals surface area contributed by atoms with Crippen molar-refractivity contribution in [2.24, 2.45) is 23.5 Å². The van der Waals surface area contributed by atoms with Crippen LogP contribution >= 0.6 is 12.2 Å². The number of anilines is 1. The quantitative estimate of drug-likeness (QED) is 0.0277. The van der Waals surface area contributed by atoms with Crippen LogP contribution in [0.15, 0.2) is 65.5 Å². The highest BCUT2D eigenvalue weighted by molar-refractivity contribution is 7.80. The Labute approximate surface area is 535 Å². The van der Waals surface area contributed by atoms with E-state index in [4.69, 9.17) is 51.7 Å². The van der Waals surface area contributed by atoms with Gasteiger partial charge >= 0.3 is 17.9 Å². The van der Waals surface area contributed by atoms with Crippen LogP contribution in [-0.4, -0.2) is 169 Å². The van der Waals surface area contributed by atoms with Gasteiger partial charge in [0.1, 0.15) is 67.5 Å². The zero-order valence-electron chi connectivity index (χ0n) is 52.3. The number of aliphatic hydroxyl groups is 2. The molecule has 2 aromatic carbocycles. The number of hydrogen-bond acceptors (Lipinski definition) is 19. The number of cyclic esters (lactones) is 1. The number of nitrogens with two attached hydrogens (primary N) is 1. The number of thiocarbonyl (C=S) groups is 1. The van der Waals surface area contributed by atoms with Gasteiger partial charge in [-0.2, -0.15) is 0 Å². The van der Waals surface area contributed by atoms with Crippen LogP contribution in [0, 0.1) is 17.8 Å². The molecule has 0 spiro atoms. The lowest BCUT2D eigenvalue weighted by molar-refractivity contribution is -0.276. The van der Waals surface area contributed by atoms with E-state index in [0.29, 0.717) is 42.0 Å². The summed E-state index contributed by atoms with van der Waals surface area (Å²) in [6.07, 6.45) is -6.08. The molecule has 0 radical (unpaired) electrons. The number of carboxylic acid groups (broad SMARTS) is 1. The molecule has 92 heavy (non-hydrogen) atoms. The molecule has 4 aromatic rings. The molecule has 0 saturated carbocycles. The van der Waals surface area contributed by atoms with E-state index >= 15 is 0 Å². The fourth-order valence-electron chi connectivity index (χ4n) is 11.6. The minimum absolute atomic E-state index is 0.0154. The topological polar surface area (TPSA) is 397 Å². The molecule has 6 heterocycles. The highest BCUT2D eigenvalue weighted by Gasteiger charge is 2.52. The van der Waals surface area contributed by atoms with E-state index in [1.165, 1.54) is 11.5 Å². The van der Waals surface area contributed by atoms with Crippen molar-refractivity contribution in [1.29, 1.82) is 0 Å². The van der Waals surface area contributed by atoms with E-state index in [1.807, 2.05) is 44.2 Å². The van der Waals surface area contributed by atoms with Gasteiger partial charge in [0.05, 0.1) is 48.1 Å². The second-order valence-corrected chi connectivity index (χ2v) is 25.0. The number of carbonyl (C=O) groups is 9. The molecule has 4 aliphatic rings. The van der Waals surface area contributed by atoms with Crippen molar-refractivity contribution in [3.63, 3.8) is 0 Å². The van der Waals surface area contributed by atoms with Gasteiger partial charge in [0, 0.05) is 28.7 Å². The molecule has 4 aliphatic heterocycles. The third-order valence-corrected chi connectivity index (χ3v) is 16.7. The van der Waals surface area contributed by atoms with Crippen molar-refractivity contribution >= 4 is 87.3 Å². The molecular formula is C63H80N10O18S. The Bertz CT molecular complexity index is 3550. The Morgan fingerprint density at radius 1 is 0.859 bits per heavy atom. The van der Waals surface area contributed by atoms with E-state index in [-0.39, 0.29) is 66.2 Å². The average Bonchev–Trinajstić information content (AvgIpc) is 1.40. The van der Waals surface area contributed by atoms with Crippen LogP contribution in [0.25, 0.3) is 22.3 Å². The van der Waals surface area contributed by atoms with E-state index in [0.717, 1.165) is 10.9 Å². The molecule has 29 heteroatoms. The second kappa shape index (κ2) is 29.8. The lowest BCUT2D eigenvalue weighted by atomic mass is 9.85. The number of rotatable bonds is 26. The number of ether oxygens (including phenoxy) is 5. The van der Waals surface area contributed by atoms with Gasteiger partial charge in [0.15, 0.2) is 5.11 Å². The Morgan fingerprint density at radius 2 is 1.53 bits per heavy atom. The molecular weight excluding hydrogens is 1220 g/mol. The Hall–Kier alpha value is -8.64. The van der Waals surface area contributed by atoms with E-state index in [2.05, 4.69) is 31.9 Å². The predicted molar refractivity (Wildman–Crippen MR) is 333 cm³/mol. The van der Waals surface area contributed by atoms with Crippen LogP contribution in [0.5, 0.6) is 5.75 Å². The molecule has 2 saturated heterocycles. The summed E-state index contributed by atoms with van der Waals surface area (Å²) in [5.74, 6) is -9.12. The fourth-order valence-corrected chi connectivity index (χ4v) is 12.0. The van der Waals surface area contributed by atoms with Crippen molar-refractivity contribution in [1.82, 2.24) is 41.0 Å². The first-order valence-electron chi connectivity index (χ1n) is 30.6. The third kappa shape index (κ3) is 16.0. The number of aromatic nitrogens is 2. The lowest BCUT2D eigenvalue weighted by Gasteiger charge is -2.40. The van der Waals surface area contributed by atoms with Gasteiger partial charge in [0.2, 0.25) is 47.3 Å². The largest absolute Gasteiger partial charge is 0.480 e. The van der Waals surface area contributed by atoms with Gasteiger partial charge in [-0.25, -0.2) is 19.4 Å². The first-order chi connectivity index (χ1) is 43.6. The number of para-hydroxylation sites is 1. The van der Waals surface area contributed by atoms with E-state index < -0.39 is 151 Å². The number of carboxylic acids is 1. The molecule has 11 N–H and O–H groups in total. The van der Waals surface area contributed by atoms with Crippen molar-refractivity contribution < 1.29 is 82.2 Å². The summed E-state index contributed by atoms with van der Waals surface area (Å²) < 4.78 is 29.8. The number of hydrogen-bond donors (Lipinski definition) is 10. The Balaban J connectivity index is 0.870. The summed E-state index contributed by atoms with van der Waals surface area (Å²) in [6, 6.07) is 10.9. The summed E-state index contributed by atoms with van der Waals surface area (Å²) in [5, 5.41) is 47.5. The second-order valence-electron chi connectivity index (χ2n) is 24.6. The summed E-state index contributed by atoms with van der Waals surface area (Å²) in [6.45, 7) is 12.3. The molecule has 0 aliphatic carbocycles. The summed E-state index contributed by atoms with van der Waals surface area (Å²) in [7, 11) is 0. The number of aliphatic carboxylic acids is 1. The van der Waals surface area contributed by atoms with E-state index in [9.17, 15) is 58.2 Å². The van der Waals surface area contributed by atoms with Crippen LogP contribution in [0.4, 0.5) is 5.69 Å². The minimum atomic E-state index is -2.14. The molecule has 11 atom stereocenters.